The minimum absolute atomic E-state index is 1.75. The zero-order valence-electron chi connectivity index (χ0n) is 35.8. The van der Waals surface area contributed by atoms with E-state index in [1.165, 1.54) is 0 Å². The van der Waals surface area contributed by atoms with Crippen LogP contribution in [0.3, 0.4) is 0 Å². The molecule has 0 saturated carbocycles. The molecule has 0 aromatic carbocycles. The Balaban J connectivity index is 4.08. The van der Waals surface area contributed by atoms with Gasteiger partial charge in [-0.05, 0) is 6.92 Å². The number of hydrogen-bond acceptors (Lipinski definition) is 0. The van der Waals surface area contributed by atoms with Crippen molar-refractivity contribution in [1.29, 1.82) is 0 Å². The number of hydrogen-bond donors (Lipinski definition) is 0. The molecule has 0 rings (SSSR count). The zero-order chi connectivity index (χ0) is 43.7. The summed E-state index contributed by atoms with van der Waals surface area (Å²) in [6.45, 7) is 5.63. The molecule has 0 saturated heterocycles. The maximum absolute atomic E-state index is 3.63. The second-order valence-corrected chi connectivity index (χ2v) is 11.5. The first kappa shape index (κ1) is 53.2. The molecule has 0 unspecified atom stereocenters. The van der Waals surface area contributed by atoms with Gasteiger partial charge < -0.3 is 0 Å². The van der Waals surface area contributed by atoms with E-state index in [9.17, 15) is 0 Å². The van der Waals surface area contributed by atoms with Gasteiger partial charge in [-0.25, -0.2) is 0 Å². The molecule has 61 heavy (non-hydrogen) atoms. The molecule has 0 aliphatic heterocycles. The molecule has 0 aliphatic carbocycles. The molecule has 0 aromatic heterocycles. The fraction of sp³-hybridized carbons (Fsp3) is 0.0164. The highest BCUT2D eigenvalue weighted by atomic mass is 13.8. The van der Waals surface area contributed by atoms with Crippen molar-refractivity contribution in [3.8, 4) is 0 Å². The van der Waals surface area contributed by atoms with Gasteiger partial charge in [0.25, 0.3) is 0 Å². The van der Waals surface area contributed by atoms with Crippen LogP contribution in [0.25, 0.3) is 0 Å². The van der Waals surface area contributed by atoms with Crippen molar-refractivity contribution in [3.63, 3.8) is 0 Å². The molecule has 308 valence electrons. The molecule has 0 aromatic rings. The Morgan fingerprint density at radius 3 is 0.295 bits per heavy atom. The quantitative estimate of drug-likeness (QED) is 0.0662. The first-order valence-electron chi connectivity index (χ1n) is 20.3. The van der Waals surface area contributed by atoms with E-state index in [-0.39, 0.29) is 0 Å². The van der Waals surface area contributed by atoms with Gasteiger partial charge in [-0.2, -0.15) is 0 Å². The van der Waals surface area contributed by atoms with Crippen LogP contribution in [0.15, 0.2) is 365 Å². The van der Waals surface area contributed by atoms with Gasteiger partial charge >= 0.3 is 0 Å². The Bertz CT molecular complexity index is 2020. The SMILES string of the molecule is C=CC=CC=CC=CC=CC=CC=CC=CC=CC=CC=CC=CC=CC=CC=CC=CC=CC=CC=CC=CC=CC=CC=CC=CC=CC=CC=CC=CC=CC=CC. The van der Waals surface area contributed by atoms with Crippen LogP contribution in [0.5, 0.6) is 0 Å². The third-order valence-electron chi connectivity index (χ3n) is 6.55. The first-order chi connectivity index (χ1) is 30.4. The Kier molecular flexibility index (Phi) is 45.5. The molecule has 0 N–H and O–H groups in total. The highest BCUT2D eigenvalue weighted by Crippen LogP contribution is 1.91. The fourth-order valence-electron chi connectivity index (χ4n) is 3.72. The maximum Gasteiger partial charge on any atom is -0.0467 e. The molecule has 0 spiro atoms. The van der Waals surface area contributed by atoms with Crippen LogP contribution in [-0.2, 0) is 0 Å². The van der Waals surface area contributed by atoms with Crippen molar-refractivity contribution in [2.24, 2.45) is 0 Å². The summed E-state index contributed by atoms with van der Waals surface area (Å²) in [5.74, 6) is 0. The van der Waals surface area contributed by atoms with Crippen LogP contribution >= 0.6 is 0 Å². The lowest BCUT2D eigenvalue weighted by Gasteiger charge is -1.77. The Morgan fingerprint density at radius 2 is 0.213 bits per heavy atom. The van der Waals surface area contributed by atoms with Gasteiger partial charge in [0, 0.05) is 0 Å². The highest BCUT2D eigenvalue weighted by molar-refractivity contribution is 5.27. The van der Waals surface area contributed by atoms with Crippen LogP contribution < -0.4 is 0 Å². The predicted molar refractivity (Wildman–Crippen MR) is 281 cm³/mol. The normalized spacial score (nSPS) is 15.4. The Hall–Kier alpha value is -7.80. The highest BCUT2D eigenvalue weighted by Gasteiger charge is 1.70. The van der Waals surface area contributed by atoms with E-state index in [0.717, 1.165) is 0 Å². The van der Waals surface area contributed by atoms with E-state index in [1.54, 1.807) is 6.08 Å². The van der Waals surface area contributed by atoms with Crippen molar-refractivity contribution < 1.29 is 0 Å². The summed E-state index contributed by atoms with van der Waals surface area (Å²) in [6, 6.07) is 0. The topological polar surface area (TPSA) is 0 Å². The predicted octanol–water partition coefficient (Wildman–Crippen LogP) is 17.3. The summed E-state index contributed by atoms with van der Waals surface area (Å²) in [5.41, 5.74) is 0. The van der Waals surface area contributed by atoms with Crippen LogP contribution in [0, 0.1) is 0 Å². The second-order valence-electron chi connectivity index (χ2n) is 11.5. The summed E-state index contributed by atoms with van der Waals surface area (Å²) in [4.78, 5) is 0. The average Bonchev–Trinajstić information content (AvgIpc) is 3.27. The van der Waals surface area contributed by atoms with Crippen molar-refractivity contribution in [1.82, 2.24) is 0 Å². The van der Waals surface area contributed by atoms with Gasteiger partial charge in [-0.15, -0.1) is 0 Å². The lowest BCUT2D eigenvalue weighted by molar-refractivity contribution is 1.73. The maximum atomic E-state index is 3.63. The summed E-state index contributed by atoms with van der Waals surface area (Å²) in [5, 5.41) is 0. The summed E-state index contributed by atoms with van der Waals surface area (Å²) < 4.78 is 0. The average molecular weight is 797 g/mol. The van der Waals surface area contributed by atoms with Crippen LogP contribution in [0.4, 0.5) is 0 Å². The van der Waals surface area contributed by atoms with Crippen molar-refractivity contribution in [3.05, 3.63) is 365 Å². The largest absolute Gasteiger partial charge is 0.0991 e. The zero-order valence-corrected chi connectivity index (χ0v) is 35.8. The Labute approximate surface area is 370 Å². The molecular formula is C61H64. The van der Waals surface area contributed by atoms with Crippen molar-refractivity contribution >= 4 is 0 Å². The summed E-state index contributed by atoms with van der Waals surface area (Å²) >= 11 is 0. The number of allylic oxidation sites excluding steroid dienone is 59. The molecule has 0 atom stereocenters. The standard InChI is InChI=1S/C61H64/c1-3-5-7-9-11-13-15-17-19-21-23-25-27-29-31-33-35-37-39-41-43-45-47-49-51-53-55-57-59-61-60-58-56-54-52-50-48-46-44-42-40-38-36-34-32-30-28-26-24-22-20-18-16-14-12-10-8-6-4-2/h3-61H,1H2,2H3. The lowest BCUT2D eigenvalue weighted by Crippen LogP contribution is -1.55. The molecule has 0 fully saturated rings. The van der Waals surface area contributed by atoms with Gasteiger partial charge in [-0.1, -0.05) is 365 Å². The van der Waals surface area contributed by atoms with E-state index < -0.39 is 0 Å². The first-order valence-corrected chi connectivity index (χ1v) is 20.3. The lowest BCUT2D eigenvalue weighted by atomic mass is 10.3. The molecule has 0 nitrogen and oxygen atoms in total. The molecule has 0 heteroatoms. The molecule has 0 bridgehead atoms. The minimum atomic E-state index is 1.75. The van der Waals surface area contributed by atoms with Crippen molar-refractivity contribution in [2.45, 2.75) is 6.92 Å². The Morgan fingerprint density at radius 1 is 0.131 bits per heavy atom. The van der Waals surface area contributed by atoms with E-state index in [2.05, 4.69) is 6.58 Å². The smallest absolute Gasteiger partial charge is 0.0467 e. The van der Waals surface area contributed by atoms with E-state index >= 15 is 0 Å². The van der Waals surface area contributed by atoms with Gasteiger partial charge in [0.1, 0.15) is 0 Å². The third kappa shape index (κ3) is 52.2. The molecule has 0 amide bonds. The van der Waals surface area contributed by atoms with Gasteiger partial charge in [0.2, 0.25) is 0 Å². The van der Waals surface area contributed by atoms with Gasteiger partial charge in [0.05, 0.1) is 0 Å². The third-order valence-corrected chi connectivity index (χ3v) is 6.55. The molecule has 0 heterocycles. The molecular weight excluding hydrogens is 733 g/mol. The van der Waals surface area contributed by atoms with Crippen LogP contribution in [-0.4, -0.2) is 0 Å². The second kappa shape index (κ2) is 52.2. The fourth-order valence-corrected chi connectivity index (χ4v) is 3.72. The summed E-state index contributed by atoms with van der Waals surface area (Å²) in [6.07, 6.45) is 117. The summed E-state index contributed by atoms with van der Waals surface area (Å²) in [7, 11) is 0. The van der Waals surface area contributed by atoms with Gasteiger partial charge in [0.15, 0.2) is 0 Å². The number of rotatable bonds is 29. The van der Waals surface area contributed by atoms with E-state index in [4.69, 9.17) is 0 Å². The van der Waals surface area contributed by atoms with Crippen LogP contribution in [0.2, 0.25) is 0 Å². The minimum Gasteiger partial charge on any atom is -0.0991 e. The van der Waals surface area contributed by atoms with E-state index in [0.29, 0.717) is 0 Å². The van der Waals surface area contributed by atoms with Gasteiger partial charge in [-0.3, -0.25) is 0 Å². The molecule has 0 radical (unpaired) electrons. The van der Waals surface area contributed by atoms with Crippen LogP contribution in [0.1, 0.15) is 6.92 Å². The van der Waals surface area contributed by atoms with E-state index in [1.807, 2.05) is 359 Å². The van der Waals surface area contributed by atoms with Crippen molar-refractivity contribution in [2.75, 3.05) is 0 Å². The monoisotopic (exact) mass is 797 g/mol. The molecule has 0 aliphatic rings.